The highest BCUT2D eigenvalue weighted by atomic mass is 35.5. The Morgan fingerprint density at radius 1 is 1.44 bits per heavy atom. The molecule has 0 saturated heterocycles. The SMILES string of the molecule is Cn1c(Cl)cnc1COC(=O)C[C@@H]1Sc2ccc(C(F)(F)F)cc2NC1=O. The molecule has 0 radical (unpaired) electrons. The molecule has 0 unspecified atom stereocenters. The van der Waals surface area contributed by atoms with Crippen LogP contribution in [0.3, 0.4) is 0 Å². The molecule has 0 fully saturated rings. The summed E-state index contributed by atoms with van der Waals surface area (Å²) in [6, 6.07) is 3.08. The molecular weight excluding hydrogens is 407 g/mol. The highest BCUT2D eigenvalue weighted by molar-refractivity contribution is 8.01. The number of thioether (sulfide) groups is 1. The first-order chi connectivity index (χ1) is 12.6. The van der Waals surface area contributed by atoms with Crippen molar-refractivity contribution in [2.75, 3.05) is 5.32 Å². The van der Waals surface area contributed by atoms with E-state index < -0.39 is 28.9 Å². The van der Waals surface area contributed by atoms with Gasteiger partial charge in [-0.25, -0.2) is 4.98 Å². The van der Waals surface area contributed by atoms with Crippen molar-refractivity contribution >= 4 is 40.9 Å². The van der Waals surface area contributed by atoms with Crippen molar-refractivity contribution in [2.45, 2.75) is 29.3 Å². The summed E-state index contributed by atoms with van der Waals surface area (Å²) in [6.07, 6.45) is -3.31. The summed E-state index contributed by atoms with van der Waals surface area (Å²) < 4.78 is 44.9. The smallest absolute Gasteiger partial charge is 0.416 e. The van der Waals surface area contributed by atoms with Crippen molar-refractivity contribution in [1.82, 2.24) is 9.55 Å². The number of carbonyl (C=O) groups excluding carboxylic acids is 2. The highest BCUT2D eigenvalue weighted by Crippen LogP contribution is 2.40. The van der Waals surface area contributed by atoms with Crippen LogP contribution in [0.15, 0.2) is 29.3 Å². The minimum absolute atomic E-state index is 0.0760. The van der Waals surface area contributed by atoms with Gasteiger partial charge in [0.25, 0.3) is 0 Å². The number of imidazole rings is 1. The number of amides is 1. The second-order valence-electron chi connectivity index (χ2n) is 5.73. The van der Waals surface area contributed by atoms with Crippen LogP contribution in [0.2, 0.25) is 5.15 Å². The van der Waals surface area contributed by atoms with Gasteiger partial charge < -0.3 is 14.6 Å². The lowest BCUT2D eigenvalue weighted by Gasteiger charge is -2.24. The molecule has 1 aromatic heterocycles. The fourth-order valence-corrected chi connectivity index (χ4v) is 3.60. The number of alkyl halides is 3. The van der Waals surface area contributed by atoms with Gasteiger partial charge in [-0.15, -0.1) is 11.8 Å². The van der Waals surface area contributed by atoms with Crippen LogP contribution in [0, 0.1) is 0 Å². The second-order valence-corrected chi connectivity index (χ2v) is 7.36. The number of hydrogen-bond acceptors (Lipinski definition) is 5. The summed E-state index contributed by atoms with van der Waals surface area (Å²) in [5.41, 5.74) is -0.777. The fourth-order valence-electron chi connectivity index (χ4n) is 2.37. The van der Waals surface area contributed by atoms with Gasteiger partial charge in [0.15, 0.2) is 0 Å². The zero-order chi connectivity index (χ0) is 19.8. The van der Waals surface area contributed by atoms with Crippen LogP contribution in [0.4, 0.5) is 18.9 Å². The molecule has 1 aliphatic rings. The lowest BCUT2D eigenvalue weighted by molar-refractivity contribution is -0.146. The van der Waals surface area contributed by atoms with Gasteiger partial charge in [0, 0.05) is 11.9 Å². The topological polar surface area (TPSA) is 73.2 Å². The summed E-state index contributed by atoms with van der Waals surface area (Å²) in [5, 5.41) is 2.00. The van der Waals surface area contributed by atoms with Gasteiger partial charge in [-0.2, -0.15) is 13.2 Å². The minimum atomic E-state index is -4.50. The molecule has 11 heteroatoms. The Morgan fingerprint density at radius 3 is 2.81 bits per heavy atom. The lowest BCUT2D eigenvalue weighted by Crippen LogP contribution is -2.31. The van der Waals surface area contributed by atoms with E-state index in [0.717, 1.165) is 23.9 Å². The molecule has 144 valence electrons. The zero-order valence-corrected chi connectivity index (χ0v) is 15.4. The number of halogens is 4. The molecule has 1 aromatic carbocycles. The van der Waals surface area contributed by atoms with Crippen molar-refractivity contribution in [3.05, 3.63) is 40.9 Å². The van der Waals surface area contributed by atoms with Crippen molar-refractivity contribution < 1.29 is 27.5 Å². The number of anilines is 1. The number of hydrogen-bond donors (Lipinski definition) is 1. The van der Waals surface area contributed by atoms with Crippen LogP contribution in [0.5, 0.6) is 0 Å². The van der Waals surface area contributed by atoms with Crippen molar-refractivity contribution in [1.29, 1.82) is 0 Å². The van der Waals surface area contributed by atoms with Gasteiger partial charge in [-0.05, 0) is 18.2 Å². The van der Waals surface area contributed by atoms with Crippen molar-refractivity contribution in [3.63, 3.8) is 0 Å². The highest BCUT2D eigenvalue weighted by Gasteiger charge is 2.34. The Balaban J connectivity index is 1.62. The van der Waals surface area contributed by atoms with E-state index in [1.807, 2.05) is 0 Å². The normalized spacial score (nSPS) is 16.6. The van der Waals surface area contributed by atoms with Gasteiger partial charge in [0.1, 0.15) is 17.6 Å². The maximum Gasteiger partial charge on any atom is 0.416 e. The molecule has 2 aromatic rings. The zero-order valence-electron chi connectivity index (χ0n) is 13.8. The van der Waals surface area contributed by atoms with Crippen LogP contribution in [0.25, 0.3) is 0 Å². The third kappa shape index (κ3) is 4.38. The van der Waals surface area contributed by atoms with E-state index in [-0.39, 0.29) is 18.7 Å². The molecule has 2 heterocycles. The first-order valence-corrected chi connectivity index (χ1v) is 8.91. The molecule has 0 bridgehead atoms. The number of ether oxygens (including phenoxy) is 1. The third-order valence-corrected chi connectivity index (χ3v) is 5.49. The van der Waals surface area contributed by atoms with Gasteiger partial charge in [-0.1, -0.05) is 11.6 Å². The first kappa shape index (κ1) is 19.6. The number of aromatic nitrogens is 2. The number of nitrogens with one attached hydrogen (secondary N) is 1. The van der Waals surface area contributed by atoms with E-state index in [4.69, 9.17) is 16.3 Å². The predicted molar refractivity (Wildman–Crippen MR) is 92.3 cm³/mol. The van der Waals surface area contributed by atoms with Crippen LogP contribution >= 0.6 is 23.4 Å². The van der Waals surface area contributed by atoms with Crippen molar-refractivity contribution in [2.24, 2.45) is 7.05 Å². The molecular formula is C16H13ClF3N3O3S. The lowest BCUT2D eigenvalue weighted by atomic mass is 10.1. The Labute approximate surface area is 161 Å². The number of carbonyl (C=O) groups is 2. The summed E-state index contributed by atoms with van der Waals surface area (Å²) in [5.74, 6) is -0.736. The minimum Gasteiger partial charge on any atom is -0.457 e. The Hall–Kier alpha value is -2.20. The molecule has 0 aliphatic carbocycles. The predicted octanol–water partition coefficient (Wildman–Crippen LogP) is 3.64. The average Bonchev–Trinajstić information content (AvgIpc) is 2.91. The number of fused-ring (bicyclic) bond motifs is 1. The summed E-state index contributed by atoms with van der Waals surface area (Å²) in [6.45, 7) is -0.105. The number of rotatable bonds is 4. The number of benzene rings is 1. The largest absolute Gasteiger partial charge is 0.457 e. The summed E-state index contributed by atoms with van der Waals surface area (Å²) in [4.78, 5) is 28.6. The van der Waals surface area contributed by atoms with Crippen LogP contribution in [0.1, 0.15) is 17.8 Å². The molecule has 27 heavy (non-hydrogen) atoms. The maximum atomic E-state index is 12.8. The van der Waals surface area contributed by atoms with Gasteiger partial charge in [-0.3, -0.25) is 9.59 Å². The fraction of sp³-hybridized carbons (Fsp3) is 0.312. The monoisotopic (exact) mass is 419 g/mol. The van der Waals surface area contributed by atoms with E-state index in [1.54, 1.807) is 11.6 Å². The molecule has 1 amide bonds. The van der Waals surface area contributed by atoms with E-state index in [0.29, 0.717) is 15.9 Å². The summed E-state index contributed by atoms with van der Waals surface area (Å²) in [7, 11) is 1.66. The molecule has 0 saturated carbocycles. The molecule has 1 N–H and O–H groups in total. The van der Waals surface area contributed by atoms with Crippen LogP contribution in [-0.4, -0.2) is 26.7 Å². The summed E-state index contributed by atoms with van der Waals surface area (Å²) >= 11 is 6.86. The molecule has 3 rings (SSSR count). The van der Waals surface area contributed by atoms with E-state index in [9.17, 15) is 22.8 Å². The quantitative estimate of drug-likeness (QED) is 0.766. The van der Waals surface area contributed by atoms with Gasteiger partial charge in [0.2, 0.25) is 5.91 Å². The second kappa shape index (κ2) is 7.43. The van der Waals surface area contributed by atoms with Gasteiger partial charge in [0.05, 0.1) is 29.1 Å². The average molecular weight is 420 g/mol. The molecule has 1 aliphatic heterocycles. The number of nitrogens with zero attached hydrogens (tertiary/aromatic N) is 2. The Morgan fingerprint density at radius 2 is 2.19 bits per heavy atom. The molecule has 0 spiro atoms. The van der Waals surface area contributed by atoms with E-state index >= 15 is 0 Å². The standard InChI is InChI=1S/C16H13ClF3N3O3S/c1-23-12(17)6-21-13(23)7-26-14(24)5-11-15(25)22-9-4-8(16(18,19)20)2-3-10(9)27-11/h2-4,6,11H,5,7H2,1H3,(H,22,25)/t11-/m0/s1. The van der Waals surface area contributed by atoms with Crippen LogP contribution in [-0.2, 0) is 34.2 Å². The van der Waals surface area contributed by atoms with Gasteiger partial charge >= 0.3 is 12.1 Å². The molecule has 1 atom stereocenters. The number of esters is 1. The first-order valence-electron chi connectivity index (χ1n) is 7.65. The third-order valence-electron chi connectivity index (χ3n) is 3.87. The van der Waals surface area contributed by atoms with E-state index in [2.05, 4.69) is 10.3 Å². The Kier molecular flexibility index (Phi) is 5.38. The van der Waals surface area contributed by atoms with Crippen LogP contribution < -0.4 is 5.32 Å². The molecule has 6 nitrogen and oxygen atoms in total. The van der Waals surface area contributed by atoms with Crippen molar-refractivity contribution in [3.8, 4) is 0 Å². The Bertz CT molecular complexity index is 901. The van der Waals surface area contributed by atoms with E-state index in [1.165, 1.54) is 12.3 Å². The maximum absolute atomic E-state index is 12.8.